The molecular formula is C15H20N4O2. The maximum atomic E-state index is 12.0. The lowest BCUT2D eigenvalue weighted by Gasteiger charge is -2.23. The molecule has 1 N–H and O–H groups in total. The fourth-order valence-corrected chi connectivity index (χ4v) is 1.96. The van der Waals surface area contributed by atoms with E-state index >= 15 is 0 Å². The van der Waals surface area contributed by atoms with Crippen LogP contribution in [0.2, 0.25) is 0 Å². The molecule has 0 saturated heterocycles. The number of esters is 1. The van der Waals surface area contributed by atoms with Crippen molar-refractivity contribution in [2.45, 2.75) is 26.0 Å². The molecule has 0 radical (unpaired) electrons. The highest BCUT2D eigenvalue weighted by Gasteiger charge is 2.23. The second-order valence-electron chi connectivity index (χ2n) is 5.45. The van der Waals surface area contributed by atoms with E-state index in [1.165, 1.54) is 0 Å². The number of ether oxygens (including phenoxy) is 1. The SMILES string of the molecule is CNCC(C)(C)n1cc(C(=O)OCc2ccccc2)nn1. The van der Waals surface area contributed by atoms with Crippen LogP contribution >= 0.6 is 0 Å². The molecule has 0 unspecified atom stereocenters. The zero-order valence-electron chi connectivity index (χ0n) is 12.5. The van der Waals surface area contributed by atoms with Crippen LogP contribution < -0.4 is 5.32 Å². The summed E-state index contributed by atoms with van der Waals surface area (Å²) in [6.45, 7) is 4.97. The lowest BCUT2D eigenvalue weighted by atomic mass is 10.1. The number of nitrogens with zero attached hydrogens (tertiary/aromatic N) is 3. The van der Waals surface area contributed by atoms with Gasteiger partial charge in [0.05, 0.1) is 11.7 Å². The number of aromatic nitrogens is 3. The van der Waals surface area contributed by atoms with Crippen molar-refractivity contribution in [2.75, 3.05) is 13.6 Å². The van der Waals surface area contributed by atoms with Gasteiger partial charge in [-0.15, -0.1) is 5.10 Å². The first-order valence-corrected chi connectivity index (χ1v) is 6.81. The highest BCUT2D eigenvalue weighted by atomic mass is 16.5. The number of nitrogens with one attached hydrogen (secondary N) is 1. The predicted octanol–water partition coefficient (Wildman–Crippen LogP) is 1.59. The molecule has 0 spiro atoms. The predicted molar refractivity (Wildman–Crippen MR) is 78.8 cm³/mol. The number of hydrogen-bond donors (Lipinski definition) is 1. The Balaban J connectivity index is 1.99. The van der Waals surface area contributed by atoms with Crippen LogP contribution in [-0.4, -0.2) is 34.6 Å². The van der Waals surface area contributed by atoms with Crippen molar-refractivity contribution in [3.8, 4) is 0 Å². The molecule has 21 heavy (non-hydrogen) atoms. The number of rotatable bonds is 6. The minimum absolute atomic E-state index is 0.218. The van der Waals surface area contributed by atoms with Crippen LogP contribution in [0.25, 0.3) is 0 Å². The Morgan fingerprint density at radius 3 is 2.71 bits per heavy atom. The molecule has 6 heteroatoms. The summed E-state index contributed by atoms with van der Waals surface area (Å²) in [6.07, 6.45) is 1.62. The van der Waals surface area contributed by atoms with Gasteiger partial charge in [0.15, 0.2) is 5.69 Å². The van der Waals surface area contributed by atoms with Crippen LogP contribution in [0.1, 0.15) is 29.9 Å². The van der Waals surface area contributed by atoms with Gasteiger partial charge in [0.2, 0.25) is 0 Å². The fourth-order valence-electron chi connectivity index (χ4n) is 1.96. The minimum Gasteiger partial charge on any atom is -0.456 e. The molecule has 2 rings (SSSR count). The number of carbonyl (C=O) groups is 1. The lowest BCUT2D eigenvalue weighted by molar-refractivity contribution is 0.0465. The van der Waals surface area contributed by atoms with Crippen molar-refractivity contribution in [2.24, 2.45) is 0 Å². The normalized spacial score (nSPS) is 11.4. The maximum Gasteiger partial charge on any atom is 0.360 e. The van der Waals surface area contributed by atoms with E-state index in [1.807, 2.05) is 51.2 Å². The van der Waals surface area contributed by atoms with E-state index in [1.54, 1.807) is 10.9 Å². The number of benzene rings is 1. The molecule has 1 aromatic carbocycles. The average molecular weight is 288 g/mol. The summed E-state index contributed by atoms with van der Waals surface area (Å²) in [5, 5.41) is 11.0. The average Bonchev–Trinajstić information content (AvgIpc) is 2.96. The molecule has 112 valence electrons. The molecule has 0 amide bonds. The molecule has 0 bridgehead atoms. The van der Waals surface area contributed by atoms with E-state index in [9.17, 15) is 4.79 Å². The summed E-state index contributed by atoms with van der Waals surface area (Å²) in [4.78, 5) is 12.0. The van der Waals surface area contributed by atoms with Crippen molar-refractivity contribution in [1.82, 2.24) is 20.3 Å². The van der Waals surface area contributed by atoms with Gasteiger partial charge in [-0.1, -0.05) is 35.5 Å². The molecule has 0 aliphatic rings. The van der Waals surface area contributed by atoms with Crippen LogP contribution in [0.15, 0.2) is 36.5 Å². The monoisotopic (exact) mass is 288 g/mol. The Labute approximate surface area is 124 Å². The van der Waals surface area contributed by atoms with E-state index in [4.69, 9.17) is 4.74 Å². The molecule has 2 aromatic rings. The molecule has 0 aliphatic carbocycles. The van der Waals surface area contributed by atoms with Crippen LogP contribution in [0, 0.1) is 0 Å². The van der Waals surface area contributed by atoms with E-state index in [-0.39, 0.29) is 17.8 Å². The van der Waals surface area contributed by atoms with Gasteiger partial charge in [-0.2, -0.15) is 0 Å². The van der Waals surface area contributed by atoms with Crippen molar-refractivity contribution >= 4 is 5.97 Å². The van der Waals surface area contributed by atoms with E-state index in [0.29, 0.717) is 0 Å². The van der Waals surface area contributed by atoms with Crippen LogP contribution in [-0.2, 0) is 16.9 Å². The van der Waals surface area contributed by atoms with Gasteiger partial charge in [-0.25, -0.2) is 9.48 Å². The fraction of sp³-hybridized carbons (Fsp3) is 0.400. The quantitative estimate of drug-likeness (QED) is 0.817. The smallest absolute Gasteiger partial charge is 0.360 e. The minimum atomic E-state index is -0.467. The Kier molecular flexibility index (Phi) is 4.70. The van der Waals surface area contributed by atoms with Crippen LogP contribution in [0.3, 0.4) is 0 Å². The van der Waals surface area contributed by atoms with Crippen molar-refractivity contribution in [3.63, 3.8) is 0 Å². The summed E-state index contributed by atoms with van der Waals surface area (Å²) in [5.41, 5.74) is 0.892. The summed E-state index contributed by atoms with van der Waals surface area (Å²) in [5.74, 6) is -0.467. The van der Waals surface area contributed by atoms with Crippen molar-refractivity contribution in [1.29, 1.82) is 0 Å². The molecule has 6 nitrogen and oxygen atoms in total. The summed E-state index contributed by atoms with van der Waals surface area (Å²) >= 11 is 0. The molecule has 0 atom stereocenters. The molecular weight excluding hydrogens is 268 g/mol. The highest BCUT2D eigenvalue weighted by Crippen LogP contribution is 2.13. The first-order chi connectivity index (χ1) is 10.0. The standard InChI is InChI=1S/C15H20N4O2/c1-15(2,11-16-3)19-9-13(17-18-19)14(20)21-10-12-7-5-4-6-8-12/h4-9,16H,10-11H2,1-3H3. The van der Waals surface area contributed by atoms with Gasteiger partial charge < -0.3 is 10.1 Å². The van der Waals surface area contributed by atoms with Gasteiger partial charge in [0.1, 0.15) is 6.61 Å². The Morgan fingerprint density at radius 2 is 2.05 bits per heavy atom. The first-order valence-electron chi connectivity index (χ1n) is 6.81. The number of likely N-dealkylation sites (N-methyl/N-ethyl adjacent to an activating group) is 1. The number of carbonyl (C=O) groups excluding carboxylic acids is 1. The third-order valence-corrected chi connectivity index (χ3v) is 3.14. The Bertz CT molecular complexity index is 593. The van der Waals surface area contributed by atoms with Crippen LogP contribution in [0.5, 0.6) is 0 Å². The molecule has 1 aromatic heterocycles. The van der Waals surface area contributed by atoms with E-state index < -0.39 is 5.97 Å². The first kappa shape index (κ1) is 15.2. The summed E-state index contributed by atoms with van der Waals surface area (Å²) < 4.78 is 6.90. The third-order valence-electron chi connectivity index (χ3n) is 3.14. The van der Waals surface area contributed by atoms with Gasteiger partial charge in [-0.05, 0) is 26.5 Å². The van der Waals surface area contributed by atoms with Crippen molar-refractivity contribution < 1.29 is 9.53 Å². The molecule has 0 aliphatic heterocycles. The molecule has 0 saturated carbocycles. The van der Waals surface area contributed by atoms with E-state index in [2.05, 4.69) is 15.6 Å². The summed E-state index contributed by atoms with van der Waals surface area (Å²) in [7, 11) is 1.87. The van der Waals surface area contributed by atoms with Crippen molar-refractivity contribution in [3.05, 3.63) is 47.8 Å². The summed E-state index contributed by atoms with van der Waals surface area (Å²) in [6, 6.07) is 9.53. The maximum absolute atomic E-state index is 12.0. The van der Waals surface area contributed by atoms with Gasteiger partial charge in [0, 0.05) is 6.54 Å². The van der Waals surface area contributed by atoms with Gasteiger partial charge >= 0.3 is 5.97 Å². The zero-order chi connectivity index (χ0) is 15.3. The Hall–Kier alpha value is -2.21. The van der Waals surface area contributed by atoms with Crippen LogP contribution in [0.4, 0.5) is 0 Å². The topological polar surface area (TPSA) is 69.0 Å². The highest BCUT2D eigenvalue weighted by molar-refractivity contribution is 5.86. The second kappa shape index (κ2) is 6.49. The largest absolute Gasteiger partial charge is 0.456 e. The van der Waals surface area contributed by atoms with Gasteiger partial charge in [-0.3, -0.25) is 0 Å². The number of hydrogen-bond acceptors (Lipinski definition) is 5. The van der Waals surface area contributed by atoms with Gasteiger partial charge in [0.25, 0.3) is 0 Å². The lowest BCUT2D eigenvalue weighted by Crippen LogP contribution is -2.37. The molecule has 1 heterocycles. The third kappa shape index (κ3) is 3.88. The second-order valence-corrected chi connectivity index (χ2v) is 5.45. The Morgan fingerprint density at radius 1 is 1.33 bits per heavy atom. The van der Waals surface area contributed by atoms with E-state index in [0.717, 1.165) is 12.1 Å². The molecule has 0 fully saturated rings. The zero-order valence-corrected chi connectivity index (χ0v) is 12.5.